The van der Waals surface area contributed by atoms with Gasteiger partial charge in [0, 0.05) is 22.3 Å². The van der Waals surface area contributed by atoms with E-state index in [0.717, 1.165) is 36.3 Å². The predicted octanol–water partition coefficient (Wildman–Crippen LogP) is 3.19. The molecule has 1 aromatic rings. The predicted molar refractivity (Wildman–Crippen MR) is 67.5 cm³/mol. The maximum atomic E-state index is 3.80. The molecule has 4 rings (SSSR count). The Morgan fingerprint density at radius 3 is 2.62 bits per heavy atom. The summed E-state index contributed by atoms with van der Waals surface area (Å²) in [6.45, 7) is 3.30. The van der Waals surface area contributed by atoms with Crippen molar-refractivity contribution >= 4 is 11.3 Å². The highest BCUT2D eigenvalue weighted by Crippen LogP contribution is 2.65. The third kappa shape index (κ3) is 1.32. The van der Waals surface area contributed by atoms with Gasteiger partial charge < -0.3 is 5.32 Å². The van der Waals surface area contributed by atoms with Crippen LogP contribution in [0.3, 0.4) is 0 Å². The zero-order chi connectivity index (χ0) is 10.7. The van der Waals surface area contributed by atoms with Crippen LogP contribution >= 0.6 is 11.3 Å². The molecule has 3 aliphatic rings. The molecule has 3 aliphatic carbocycles. The van der Waals surface area contributed by atoms with E-state index in [9.17, 15) is 0 Å². The second-order valence-electron chi connectivity index (χ2n) is 5.91. The summed E-state index contributed by atoms with van der Waals surface area (Å²) in [4.78, 5) is 2.95. The van der Waals surface area contributed by atoms with Crippen molar-refractivity contribution in [1.29, 1.82) is 0 Å². The van der Waals surface area contributed by atoms with Gasteiger partial charge in [-0.05, 0) is 62.0 Å². The van der Waals surface area contributed by atoms with Gasteiger partial charge in [-0.1, -0.05) is 0 Å². The summed E-state index contributed by atoms with van der Waals surface area (Å²) in [6, 6.07) is 5.40. The third-order valence-electron chi connectivity index (χ3n) is 5.04. The normalized spacial score (nSPS) is 43.7. The summed E-state index contributed by atoms with van der Waals surface area (Å²) in [5.41, 5.74) is 0. The molecule has 1 N–H and O–H groups in total. The van der Waals surface area contributed by atoms with Crippen LogP contribution in [-0.4, -0.2) is 6.04 Å². The Morgan fingerprint density at radius 2 is 2.00 bits per heavy atom. The summed E-state index contributed by atoms with van der Waals surface area (Å²) < 4.78 is 0. The van der Waals surface area contributed by atoms with E-state index in [2.05, 4.69) is 24.4 Å². The van der Waals surface area contributed by atoms with Crippen LogP contribution in [0, 0.1) is 30.6 Å². The average molecular weight is 233 g/mol. The quantitative estimate of drug-likeness (QED) is 0.845. The summed E-state index contributed by atoms with van der Waals surface area (Å²) in [6.07, 6.45) is 4.62. The minimum atomic E-state index is 0.883. The maximum Gasteiger partial charge on any atom is 0.0302 e. The molecule has 0 aromatic carbocycles. The largest absolute Gasteiger partial charge is 0.309 e. The lowest BCUT2D eigenvalue weighted by Gasteiger charge is -2.09. The molecule has 1 heterocycles. The number of nitrogens with one attached hydrogen (secondary N) is 1. The SMILES string of the molecule is Cc1ccc(CNC2C3C4CCC(C4)C23)s1. The van der Waals surface area contributed by atoms with Gasteiger partial charge in [0.2, 0.25) is 0 Å². The van der Waals surface area contributed by atoms with E-state index < -0.39 is 0 Å². The fourth-order valence-electron chi connectivity index (χ4n) is 4.40. The summed E-state index contributed by atoms with van der Waals surface area (Å²) >= 11 is 1.94. The highest BCUT2D eigenvalue weighted by Gasteiger charge is 2.64. The Labute approximate surface area is 101 Å². The molecule has 1 aromatic heterocycles. The fraction of sp³-hybridized carbons (Fsp3) is 0.714. The molecule has 86 valence electrons. The number of aryl methyl sites for hydroxylation is 1. The van der Waals surface area contributed by atoms with Crippen molar-refractivity contribution in [1.82, 2.24) is 5.32 Å². The third-order valence-corrected chi connectivity index (χ3v) is 6.04. The Bertz CT molecular complexity index is 395. The Morgan fingerprint density at radius 1 is 1.25 bits per heavy atom. The van der Waals surface area contributed by atoms with Gasteiger partial charge in [-0.25, -0.2) is 0 Å². The van der Waals surface area contributed by atoms with E-state index in [1.54, 1.807) is 6.42 Å². The lowest BCUT2D eigenvalue weighted by molar-refractivity contribution is 0.456. The monoisotopic (exact) mass is 233 g/mol. The molecule has 0 saturated heterocycles. The molecule has 3 saturated carbocycles. The van der Waals surface area contributed by atoms with Crippen molar-refractivity contribution < 1.29 is 0 Å². The first-order valence-corrected chi connectivity index (χ1v) is 7.43. The van der Waals surface area contributed by atoms with Crippen molar-refractivity contribution in [3.8, 4) is 0 Å². The maximum absolute atomic E-state index is 3.80. The molecule has 0 radical (unpaired) electrons. The number of hydrogen-bond acceptors (Lipinski definition) is 2. The van der Waals surface area contributed by atoms with Crippen molar-refractivity contribution in [2.24, 2.45) is 23.7 Å². The van der Waals surface area contributed by atoms with Gasteiger partial charge in [-0.3, -0.25) is 0 Å². The number of hydrogen-bond donors (Lipinski definition) is 1. The van der Waals surface area contributed by atoms with Crippen LogP contribution in [0.5, 0.6) is 0 Å². The Hall–Kier alpha value is -0.340. The van der Waals surface area contributed by atoms with Gasteiger partial charge in [0.15, 0.2) is 0 Å². The highest BCUT2D eigenvalue weighted by atomic mass is 32.1. The number of thiophene rings is 1. The number of rotatable bonds is 3. The smallest absolute Gasteiger partial charge is 0.0302 e. The topological polar surface area (TPSA) is 12.0 Å². The van der Waals surface area contributed by atoms with Crippen LogP contribution in [0.15, 0.2) is 12.1 Å². The first kappa shape index (κ1) is 9.67. The molecule has 16 heavy (non-hydrogen) atoms. The van der Waals surface area contributed by atoms with Gasteiger partial charge in [0.25, 0.3) is 0 Å². The van der Waals surface area contributed by atoms with E-state index >= 15 is 0 Å². The molecule has 3 fully saturated rings. The van der Waals surface area contributed by atoms with Crippen molar-refractivity contribution in [2.75, 3.05) is 0 Å². The molecular weight excluding hydrogens is 214 g/mol. The Balaban J connectivity index is 1.37. The standard InChI is InChI=1S/C14H19NS/c1-8-2-5-11(16-8)7-15-14-12-9-3-4-10(6-9)13(12)14/h2,5,9-10,12-15H,3-4,6-7H2,1H3. The fourth-order valence-corrected chi connectivity index (χ4v) is 5.24. The van der Waals surface area contributed by atoms with Crippen molar-refractivity contribution in [2.45, 2.75) is 38.8 Å². The molecule has 2 bridgehead atoms. The van der Waals surface area contributed by atoms with Crippen molar-refractivity contribution in [3.05, 3.63) is 21.9 Å². The van der Waals surface area contributed by atoms with Crippen LogP contribution in [0.25, 0.3) is 0 Å². The summed E-state index contributed by atoms with van der Waals surface area (Å²) in [5, 5.41) is 3.80. The van der Waals surface area contributed by atoms with Crippen LogP contribution in [-0.2, 0) is 6.54 Å². The van der Waals surface area contributed by atoms with E-state index in [0.29, 0.717) is 0 Å². The minimum Gasteiger partial charge on any atom is -0.309 e. The molecule has 0 spiro atoms. The van der Waals surface area contributed by atoms with Gasteiger partial charge in [-0.15, -0.1) is 11.3 Å². The van der Waals surface area contributed by atoms with E-state index in [1.807, 2.05) is 11.3 Å². The van der Waals surface area contributed by atoms with Crippen LogP contribution in [0.4, 0.5) is 0 Å². The van der Waals surface area contributed by atoms with Gasteiger partial charge in [0.05, 0.1) is 0 Å². The number of fused-ring (bicyclic) bond motifs is 5. The second-order valence-corrected chi connectivity index (χ2v) is 7.28. The molecular formula is C14H19NS. The van der Waals surface area contributed by atoms with E-state index in [-0.39, 0.29) is 0 Å². The molecule has 2 heteroatoms. The minimum absolute atomic E-state index is 0.883. The second kappa shape index (κ2) is 3.33. The summed E-state index contributed by atoms with van der Waals surface area (Å²) in [7, 11) is 0. The van der Waals surface area contributed by atoms with Crippen molar-refractivity contribution in [3.63, 3.8) is 0 Å². The van der Waals surface area contributed by atoms with Crippen LogP contribution < -0.4 is 5.32 Å². The first-order chi connectivity index (χ1) is 7.83. The summed E-state index contributed by atoms with van der Waals surface area (Å²) in [5.74, 6) is 4.33. The van der Waals surface area contributed by atoms with Crippen LogP contribution in [0.1, 0.15) is 29.0 Å². The molecule has 4 unspecified atom stereocenters. The van der Waals surface area contributed by atoms with E-state index in [1.165, 1.54) is 22.6 Å². The zero-order valence-electron chi connectivity index (χ0n) is 9.78. The molecule has 1 nitrogen and oxygen atoms in total. The van der Waals surface area contributed by atoms with Gasteiger partial charge in [-0.2, -0.15) is 0 Å². The zero-order valence-corrected chi connectivity index (χ0v) is 10.6. The van der Waals surface area contributed by atoms with E-state index in [4.69, 9.17) is 0 Å². The van der Waals surface area contributed by atoms with Gasteiger partial charge >= 0.3 is 0 Å². The lowest BCUT2D eigenvalue weighted by Crippen LogP contribution is -2.21. The van der Waals surface area contributed by atoms with Gasteiger partial charge in [0.1, 0.15) is 0 Å². The first-order valence-electron chi connectivity index (χ1n) is 6.61. The van der Waals surface area contributed by atoms with Crippen LogP contribution in [0.2, 0.25) is 0 Å². The molecule has 4 atom stereocenters. The molecule has 0 amide bonds. The lowest BCUT2D eigenvalue weighted by atomic mass is 10.0. The molecule has 0 aliphatic heterocycles. The Kier molecular flexibility index (Phi) is 2.01. The highest BCUT2D eigenvalue weighted by molar-refractivity contribution is 7.11. The average Bonchev–Trinajstić information content (AvgIpc) is 2.70.